The molecule has 38 heavy (non-hydrogen) atoms. The Morgan fingerprint density at radius 1 is 1.16 bits per heavy atom. The number of amides is 2. The smallest absolute Gasteiger partial charge is 0.289 e. The lowest BCUT2D eigenvalue weighted by molar-refractivity contribution is -0.120. The summed E-state index contributed by atoms with van der Waals surface area (Å²) in [6.45, 7) is 1.76. The Balaban J connectivity index is 1.33. The molecule has 0 spiro atoms. The second-order valence-electron chi connectivity index (χ2n) is 8.73. The summed E-state index contributed by atoms with van der Waals surface area (Å²) in [5.41, 5.74) is 3.09. The molecule has 0 bridgehead atoms. The minimum absolute atomic E-state index is 0.0704. The van der Waals surface area contributed by atoms with Crippen molar-refractivity contribution in [2.75, 3.05) is 18.6 Å². The van der Waals surface area contributed by atoms with Crippen molar-refractivity contribution < 1.29 is 19.1 Å². The molecule has 0 radical (unpaired) electrons. The van der Waals surface area contributed by atoms with Crippen LogP contribution in [0.2, 0.25) is 0 Å². The number of benzene rings is 2. The zero-order valence-corrected chi connectivity index (χ0v) is 20.9. The molecule has 3 heterocycles. The number of likely N-dealkylation sites (N-methyl/N-ethyl adjacent to an activating group) is 1. The summed E-state index contributed by atoms with van der Waals surface area (Å²) in [6.07, 6.45) is 4.86. The molecule has 2 aromatic carbocycles. The monoisotopic (exact) mass is 509 g/mol. The number of fused-ring (bicyclic) bond motifs is 1. The number of anilines is 1. The normalized spacial score (nSPS) is 14.6. The molecule has 0 saturated carbocycles. The van der Waals surface area contributed by atoms with E-state index in [1.807, 2.05) is 6.92 Å². The predicted octanol–water partition coefficient (Wildman–Crippen LogP) is 3.00. The molecule has 1 N–H and O–H groups in total. The van der Waals surface area contributed by atoms with E-state index in [1.54, 1.807) is 79.8 Å². The number of aryl methyl sites for hydroxylation is 2. The fourth-order valence-corrected chi connectivity index (χ4v) is 4.00. The Morgan fingerprint density at radius 2 is 1.95 bits per heavy atom. The van der Waals surface area contributed by atoms with E-state index >= 15 is 0 Å². The van der Waals surface area contributed by atoms with Crippen LogP contribution in [-0.2, 0) is 11.8 Å². The molecule has 190 valence electrons. The van der Waals surface area contributed by atoms with Gasteiger partial charge >= 0.3 is 0 Å². The van der Waals surface area contributed by atoms with Gasteiger partial charge in [0.15, 0.2) is 5.75 Å². The van der Waals surface area contributed by atoms with Gasteiger partial charge in [0.1, 0.15) is 24.1 Å². The molecular formula is C27H23N7O4. The van der Waals surface area contributed by atoms with Crippen LogP contribution >= 0.6 is 0 Å². The fourth-order valence-electron chi connectivity index (χ4n) is 4.00. The Bertz CT molecular complexity index is 1570. The quantitative estimate of drug-likeness (QED) is 0.434. The highest BCUT2D eigenvalue weighted by Crippen LogP contribution is 2.35. The highest BCUT2D eigenvalue weighted by Gasteiger charge is 2.32. The first-order valence-corrected chi connectivity index (χ1v) is 11.7. The van der Waals surface area contributed by atoms with Gasteiger partial charge in [0.05, 0.1) is 35.4 Å². The van der Waals surface area contributed by atoms with Crippen molar-refractivity contribution in [2.45, 2.75) is 13.0 Å². The number of ether oxygens (including phenoxy) is 2. The zero-order chi connectivity index (χ0) is 26.8. The number of nitriles is 1. The van der Waals surface area contributed by atoms with E-state index < -0.39 is 11.9 Å². The van der Waals surface area contributed by atoms with Gasteiger partial charge in [-0.05, 0) is 36.8 Å². The molecule has 4 aromatic rings. The predicted molar refractivity (Wildman–Crippen MR) is 137 cm³/mol. The lowest BCUT2D eigenvalue weighted by atomic mass is 10.1. The van der Waals surface area contributed by atoms with Gasteiger partial charge in [0.2, 0.25) is 5.82 Å². The Labute approximate surface area is 218 Å². The van der Waals surface area contributed by atoms with Crippen molar-refractivity contribution in [3.63, 3.8) is 0 Å². The van der Waals surface area contributed by atoms with Crippen molar-refractivity contribution in [3.8, 4) is 34.6 Å². The van der Waals surface area contributed by atoms with E-state index in [2.05, 4.69) is 26.5 Å². The molecule has 5 rings (SSSR count). The van der Waals surface area contributed by atoms with Crippen LogP contribution in [0, 0.1) is 18.3 Å². The highest BCUT2D eigenvalue weighted by molar-refractivity contribution is 6.02. The van der Waals surface area contributed by atoms with Crippen LogP contribution < -0.4 is 19.7 Å². The van der Waals surface area contributed by atoms with E-state index in [4.69, 9.17) is 14.7 Å². The molecule has 1 aliphatic heterocycles. The summed E-state index contributed by atoms with van der Waals surface area (Å²) >= 11 is 0. The molecule has 11 nitrogen and oxygen atoms in total. The second kappa shape index (κ2) is 10.0. The zero-order valence-electron chi connectivity index (χ0n) is 20.9. The standard InChI is InChI=1S/C27H23N7O4/c1-16-12-29-25(32-24(16)18-6-4-17(11-28)5-7-18)26(35)31-21-15-37-23-9-8-19(10-22(23)34(3)27(21)36)38-20-13-30-33(2)14-20/h4-10,12-14,21H,15H2,1-3H3,(H,31,35)/t21-/m0/s1. The summed E-state index contributed by atoms with van der Waals surface area (Å²) in [5, 5.41) is 15.8. The highest BCUT2D eigenvalue weighted by atomic mass is 16.5. The van der Waals surface area contributed by atoms with E-state index in [-0.39, 0.29) is 18.3 Å². The van der Waals surface area contributed by atoms with Crippen LogP contribution in [0.3, 0.4) is 0 Å². The van der Waals surface area contributed by atoms with Gasteiger partial charge in [-0.15, -0.1) is 0 Å². The van der Waals surface area contributed by atoms with Gasteiger partial charge in [-0.1, -0.05) is 12.1 Å². The Hall–Kier alpha value is -5.24. The third-order valence-corrected chi connectivity index (χ3v) is 6.01. The molecule has 1 atom stereocenters. The van der Waals surface area contributed by atoms with Crippen molar-refractivity contribution in [3.05, 3.63) is 78.0 Å². The van der Waals surface area contributed by atoms with Crippen molar-refractivity contribution in [1.29, 1.82) is 5.26 Å². The van der Waals surface area contributed by atoms with Crippen molar-refractivity contribution in [1.82, 2.24) is 25.1 Å². The summed E-state index contributed by atoms with van der Waals surface area (Å²) < 4.78 is 13.3. The van der Waals surface area contributed by atoms with Crippen LogP contribution in [0.25, 0.3) is 11.3 Å². The van der Waals surface area contributed by atoms with Gasteiger partial charge in [-0.3, -0.25) is 14.3 Å². The SMILES string of the molecule is Cc1cnc(C(=O)N[C@H]2COc3ccc(Oc4cnn(C)c4)cc3N(C)C2=O)nc1-c1ccc(C#N)cc1. The first kappa shape index (κ1) is 24.5. The average Bonchev–Trinajstić information content (AvgIpc) is 3.30. The Kier molecular flexibility index (Phi) is 6.45. The minimum atomic E-state index is -0.967. The maximum atomic E-state index is 13.3. The van der Waals surface area contributed by atoms with Gasteiger partial charge < -0.3 is 19.7 Å². The average molecular weight is 510 g/mol. The number of rotatable bonds is 5. The second-order valence-corrected chi connectivity index (χ2v) is 8.73. The maximum absolute atomic E-state index is 13.3. The third kappa shape index (κ3) is 4.87. The van der Waals surface area contributed by atoms with Crippen LogP contribution in [0.5, 0.6) is 17.2 Å². The van der Waals surface area contributed by atoms with E-state index in [9.17, 15) is 9.59 Å². The molecule has 2 amide bonds. The van der Waals surface area contributed by atoms with Crippen LogP contribution in [0.15, 0.2) is 61.1 Å². The molecule has 0 aliphatic carbocycles. The van der Waals surface area contributed by atoms with E-state index in [0.29, 0.717) is 34.2 Å². The molecule has 0 unspecified atom stereocenters. The van der Waals surface area contributed by atoms with Crippen LogP contribution in [-0.4, -0.2) is 51.3 Å². The number of nitrogens with one attached hydrogen (secondary N) is 1. The minimum Gasteiger partial charge on any atom is -0.489 e. The number of aromatic nitrogens is 4. The largest absolute Gasteiger partial charge is 0.489 e. The van der Waals surface area contributed by atoms with Gasteiger partial charge in [0.25, 0.3) is 11.8 Å². The summed E-state index contributed by atoms with van der Waals surface area (Å²) in [4.78, 5) is 36.3. The summed E-state index contributed by atoms with van der Waals surface area (Å²) in [5.74, 6) is 0.479. The van der Waals surface area contributed by atoms with Gasteiger partial charge in [-0.2, -0.15) is 10.4 Å². The first-order chi connectivity index (χ1) is 18.3. The number of hydrogen-bond acceptors (Lipinski definition) is 8. The van der Waals surface area contributed by atoms with Crippen molar-refractivity contribution in [2.24, 2.45) is 7.05 Å². The molecule has 2 aromatic heterocycles. The van der Waals surface area contributed by atoms with Crippen molar-refractivity contribution >= 4 is 17.5 Å². The lowest BCUT2D eigenvalue weighted by Crippen LogP contribution is -2.49. The van der Waals surface area contributed by atoms with E-state index in [1.165, 1.54) is 4.90 Å². The van der Waals surface area contributed by atoms with E-state index in [0.717, 1.165) is 11.1 Å². The van der Waals surface area contributed by atoms with Crippen LogP contribution in [0.4, 0.5) is 5.69 Å². The first-order valence-electron chi connectivity index (χ1n) is 11.7. The Morgan fingerprint density at radius 3 is 2.66 bits per heavy atom. The van der Waals surface area contributed by atoms with Gasteiger partial charge in [-0.25, -0.2) is 9.97 Å². The molecule has 1 aliphatic rings. The van der Waals surface area contributed by atoms with Crippen LogP contribution in [0.1, 0.15) is 21.7 Å². The molecule has 11 heteroatoms. The number of hydrogen-bond donors (Lipinski definition) is 1. The molecular weight excluding hydrogens is 486 g/mol. The fraction of sp³-hybridized carbons (Fsp3) is 0.185. The van der Waals surface area contributed by atoms with Gasteiger partial charge in [0, 0.05) is 31.9 Å². The molecule has 0 fully saturated rings. The number of carbonyl (C=O) groups excluding carboxylic acids is 2. The molecule has 0 saturated heterocycles. The third-order valence-electron chi connectivity index (χ3n) is 6.01. The summed E-state index contributed by atoms with van der Waals surface area (Å²) in [6, 6.07) is 13.1. The summed E-state index contributed by atoms with van der Waals surface area (Å²) in [7, 11) is 3.39. The lowest BCUT2D eigenvalue weighted by Gasteiger charge is -2.20. The number of nitrogens with zero attached hydrogens (tertiary/aromatic N) is 6. The maximum Gasteiger partial charge on any atom is 0.289 e. The topological polar surface area (TPSA) is 135 Å². The number of carbonyl (C=O) groups is 2.